The van der Waals surface area contributed by atoms with Crippen molar-refractivity contribution in [3.05, 3.63) is 103 Å². The molecular weight excluding hydrogens is 798 g/mol. The molecule has 14 nitrogen and oxygen atoms in total. The molecule has 9 rings (SSSR count). The van der Waals surface area contributed by atoms with E-state index in [0.29, 0.717) is 28.1 Å². The van der Waals surface area contributed by atoms with Gasteiger partial charge in [0.25, 0.3) is 11.5 Å². The highest BCUT2D eigenvalue weighted by atomic mass is 35.5. The summed E-state index contributed by atoms with van der Waals surface area (Å²) < 4.78 is 9.21. The third kappa shape index (κ3) is 7.21. The molecule has 0 bridgehead atoms. The number of likely N-dealkylation sites (N-methyl/N-ethyl adjacent to an activating group) is 1. The van der Waals surface area contributed by atoms with Crippen LogP contribution in [0, 0.1) is 26.2 Å². The molecule has 3 aliphatic rings. The normalized spacial score (nSPS) is 17.6. The third-order valence-electron chi connectivity index (χ3n) is 12.8. The Balaban J connectivity index is 0.842. The van der Waals surface area contributed by atoms with Crippen molar-refractivity contribution in [1.82, 2.24) is 39.6 Å². The SMILES string of the molecule is CNC(=O)COc1cc2cc(Nc3nc(N4CCC5(CCC(c6ccc(C7=N[C@@H](C)c8nnc(C)n8-c8sc(C)c(C)c87)nc6)CC5)CC4)ncc3Cl)ccc2n(C)c1=O. The lowest BCUT2D eigenvalue weighted by Gasteiger charge is -2.46. The number of thiophene rings is 1. The number of benzene rings is 1. The predicted molar refractivity (Wildman–Crippen MR) is 236 cm³/mol. The molecule has 1 saturated carbocycles. The van der Waals surface area contributed by atoms with Gasteiger partial charge >= 0.3 is 0 Å². The summed E-state index contributed by atoms with van der Waals surface area (Å²) in [6.07, 6.45) is 10.6. The molecule has 1 atom stereocenters. The molecule has 5 aromatic heterocycles. The van der Waals surface area contributed by atoms with Crippen LogP contribution in [0.25, 0.3) is 15.9 Å². The van der Waals surface area contributed by atoms with Crippen LogP contribution in [0.4, 0.5) is 17.5 Å². The quantitative estimate of drug-likeness (QED) is 0.156. The van der Waals surface area contributed by atoms with Crippen molar-refractivity contribution in [3.63, 3.8) is 0 Å². The van der Waals surface area contributed by atoms with E-state index in [0.717, 1.165) is 89.0 Å². The Hall–Kier alpha value is -5.67. The number of carbonyl (C=O) groups is 1. The Morgan fingerprint density at radius 1 is 1.02 bits per heavy atom. The number of anilines is 3. The second-order valence-electron chi connectivity index (χ2n) is 16.4. The number of halogens is 1. The third-order valence-corrected chi connectivity index (χ3v) is 14.3. The standard InChI is InChI=1S/C44H48ClN11O3S/c1-24-26(3)60-42-37(24)38(49-25(2)40-53-52-27(4)56(40)42)33-9-7-29(21-47-33)28-11-13-44(14-12-28)15-17-55(18-16-44)43-48-22-32(45)39(51-43)50-31-8-10-34-30(19-31)20-35(41(58)54(34)6)59-23-36(57)46-5/h7-10,19-22,25,28H,11-18,23H2,1-6H3,(H,46,57)(H,48,50,51)/t25-/m0/s1. The number of fused-ring (bicyclic) bond motifs is 4. The number of nitrogens with zero attached hydrogens (tertiary/aromatic N) is 9. The zero-order valence-corrected chi connectivity index (χ0v) is 36.2. The number of carbonyl (C=O) groups excluding carboxylic acids is 1. The first-order valence-electron chi connectivity index (χ1n) is 20.5. The van der Waals surface area contributed by atoms with E-state index in [-0.39, 0.29) is 29.9 Å². The van der Waals surface area contributed by atoms with Crippen LogP contribution in [-0.2, 0) is 11.8 Å². The maximum atomic E-state index is 12.8. The fourth-order valence-corrected chi connectivity index (χ4v) is 10.4. The lowest BCUT2D eigenvalue weighted by Crippen LogP contribution is -2.42. The summed E-state index contributed by atoms with van der Waals surface area (Å²) in [6.45, 7) is 9.94. The Morgan fingerprint density at radius 3 is 2.53 bits per heavy atom. The lowest BCUT2D eigenvalue weighted by atomic mass is 9.64. The average Bonchev–Trinajstić information content (AvgIpc) is 3.75. The van der Waals surface area contributed by atoms with Crippen molar-refractivity contribution >= 4 is 62.9 Å². The van der Waals surface area contributed by atoms with Gasteiger partial charge < -0.3 is 24.8 Å². The van der Waals surface area contributed by atoms with Crippen LogP contribution in [0.15, 0.2) is 58.6 Å². The first kappa shape index (κ1) is 39.8. The van der Waals surface area contributed by atoms with Crippen molar-refractivity contribution in [3.8, 4) is 10.8 Å². The molecule has 60 heavy (non-hydrogen) atoms. The second kappa shape index (κ2) is 15.7. The van der Waals surface area contributed by atoms with Gasteiger partial charge in [-0.25, -0.2) is 4.98 Å². The number of aliphatic imine (C=N–C) groups is 1. The van der Waals surface area contributed by atoms with Crippen molar-refractivity contribution in [2.24, 2.45) is 17.5 Å². The number of piperidine rings is 1. The number of ether oxygens (including phenoxy) is 1. The summed E-state index contributed by atoms with van der Waals surface area (Å²) in [5.74, 6) is 3.15. The number of aryl methyl sites for hydroxylation is 3. The van der Waals surface area contributed by atoms with Gasteiger partial charge in [0.2, 0.25) is 5.95 Å². The van der Waals surface area contributed by atoms with Crippen LogP contribution in [-0.4, -0.2) is 72.6 Å². The molecule has 2 N–H and O–H groups in total. The molecule has 16 heteroatoms. The number of aromatic nitrogens is 7. The van der Waals surface area contributed by atoms with E-state index >= 15 is 0 Å². The highest BCUT2D eigenvalue weighted by molar-refractivity contribution is 7.15. The van der Waals surface area contributed by atoms with Crippen molar-refractivity contribution in [2.75, 3.05) is 37.0 Å². The van der Waals surface area contributed by atoms with Crippen molar-refractivity contribution in [1.29, 1.82) is 0 Å². The van der Waals surface area contributed by atoms with Gasteiger partial charge in [0, 0.05) is 54.9 Å². The van der Waals surface area contributed by atoms with Gasteiger partial charge in [-0.2, -0.15) is 4.98 Å². The van der Waals surface area contributed by atoms with Gasteiger partial charge in [-0.3, -0.25) is 24.1 Å². The topological polar surface area (TPSA) is 157 Å². The van der Waals surface area contributed by atoms with Crippen molar-refractivity contribution in [2.45, 2.75) is 78.2 Å². The maximum absolute atomic E-state index is 12.8. The number of amides is 1. The van der Waals surface area contributed by atoms with Crippen LogP contribution in [0.3, 0.4) is 0 Å². The van der Waals surface area contributed by atoms with E-state index < -0.39 is 0 Å². The minimum Gasteiger partial charge on any atom is -0.478 e. The Morgan fingerprint density at radius 2 is 1.80 bits per heavy atom. The fourth-order valence-electron chi connectivity index (χ4n) is 9.07. The van der Waals surface area contributed by atoms with E-state index in [1.165, 1.54) is 40.5 Å². The number of pyridine rings is 2. The van der Waals surface area contributed by atoms with Crippen LogP contribution in [0.5, 0.6) is 5.75 Å². The average molecular weight is 846 g/mol. The van der Waals surface area contributed by atoms with Gasteiger partial charge in [-0.05, 0) is 119 Å². The molecule has 0 radical (unpaired) electrons. The lowest BCUT2D eigenvalue weighted by molar-refractivity contribution is -0.122. The minimum atomic E-state index is -0.323. The number of nitrogens with one attached hydrogen (secondary N) is 2. The summed E-state index contributed by atoms with van der Waals surface area (Å²) >= 11 is 8.39. The van der Waals surface area contributed by atoms with Gasteiger partial charge in [0.1, 0.15) is 21.9 Å². The summed E-state index contributed by atoms with van der Waals surface area (Å²) in [6, 6.07) is 11.6. The number of hydrogen-bond donors (Lipinski definition) is 2. The smallest absolute Gasteiger partial charge is 0.293 e. The summed E-state index contributed by atoms with van der Waals surface area (Å²) in [5, 5.41) is 17.0. The van der Waals surface area contributed by atoms with Crippen molar-refractivity contribution < 1.29 is 9.53 Å². The Labute approximate surface area is 357 Å². The molecule has 0 unspecified atom stereocenters. The molecular formula is C44H48ClN11O3S. The molecule has 1 spiro atoms. The zero-order chi connectivity index (χ0) is 41.9. The van der Waals surface area contributed by atoms with Crippen LogP contribution in [0.1, 0.15) is 96.3 Å². The summed E-state index contributed by atoms with van der Waals surface area (Å²) in [7, 11) is 3.19. The molecule has 1 aromatic carbocycles. The largest absolute Gasteiger partial charge is 0.478 e. The second-order valence-corrected chi connectivity index (χ2v) is 18.0. The summed E-state index contributed by atoms with van der Waals surface area (Å²) in [4.78, 5) is 47.9. The van der Waals surface area contributed by atoms with Gasteiger partial charge in [0.15, 0.2) is 24.0 Å². The molecule has 6 aromatic rings. The van der Waals surface area contributed by atoms with E-state index in [1.807, 2.05) is 25.1 Å². The molecule has 1 amide bonds. The highest BCUT2D eigenvalue weighted by Crippen LogP contribution is 2.49. The molecule has 310 valence electrons. The van der Waals surface area contributed by atoms with Gasteiger partial charge in [-0.1, -0.05) is 17.7 Å². The Bertz CT molecular complexity index is 2720. The van der Waals surface area contributed by atoms with Crippen LogP contribution in [0.2, 0.25) is 5.02 Å². The van der Waals surface area contributed by atoms with E-state index in [4.69, 9.17) is 31.3 Å². The first-order valence-corrected chi connectivity index (χ1v) is 21.7. The minimum absolute atomic E-state index is 0.0948. The Kier molecular flexibility index (Phi) is 10.4. The highest BCUT2D eigenvalue weighted by Gasteiger charge is 2.39. The van der Waals surface area contributed by atoms with Crippen LogP contribution < -0.4 is 25.8 Å². The summed E-state index contributed by atoms with van der Waals surface area (Å²) in [5.41, 5.74) is 6.95. The van der Waals surface area contributed by atoms with E-state index in [1.54, 1.807) is 30.6 Å². The molecule has 1 saturated heterocycles. The number of rotatable bonds is 8. The van der Waals surface area contributed by atoms with Gasteiger partial charge in [-0.15, -0.1) is 21.5 Å². The monoisotopic (exact) mass is 845 g/mol. The number of hydrogen-bond acceptors (Lipinski definition) is 12. The molecule has 1 aliphatic carbocycles. The molecule has 7 heterocycles. The van der Waals surface area contributed by atoms with Gasteiger partial charge in [0.05, 0.1) is 23.1 Å². The van der Waals surface area contributed by atoms with E-state index in [9.17, 15) is 9.59 Å². The first-order chi connectivity index (χ1) is 28.9. The zero-order valence-electron chi connectivity index (χ0n) is 34.7. The van der Waals surface area contributed by atoms with Crippen LogP contribution >= 0.6 is 22.9 Å². The molecule has 2 aliphatic heterocycles. The predicted octanol–water partition coefficient (Wildman–Crippen LogP) is 7.67. The van der Waals surface area contributed by atoms with E-state index in [2.05, 4.69) is 74.4 Å². The fraction of sp³-hybridized carbons (Fsp3) is 0.409. The maximum Gasteiger partial charge on any atom is 0.293 e. The molecule has 2 fully saturated rings.